The van der Waals surface area contributed by atoms with Crippen molar-refractivity contribution in [1.82, 2.24) is 16.2 Å². The zero-order valence-corrected chi connectivity index (χ0v) is 13.7. The molecule has 0 heterocycles. The second kappa shape index (κ2) is 8.54. The molecule has 5 heteroatoms. The third-order valence-corrected chi connectivity index (χ3v) is 4.02. The molecule has 0 aliphatic heterocycles. The van der Waals surface area contributed by atoms with Gasteiger partial charge in [-0.25, -0.2) is 0 Å². The maximum Gasteiger partial charge on any atom is 0.262 e. The lowest BCUT2D eigenvalue weighted by atomic mass is 10.1. The normalized spacial score (nSPS) is 15.0. The smallest absolute Gasteiger partial charge is 0.262 e. The molecule has 2 rings (SSSR count). The van der Waals surface area contributed by atoms with Crippen molar-refractivity contribution < 1.29 is 4.79 Å². The van der Waals surface area contributed by atoms with Gasteiger partial charge in [0.1, 0.15) is 0 Å². The highest BCUT2D eigenvalue weighted by molar-refractivity contribution is 7.80. The average molecular weight is 317 g/mol. The first kappa shape index (κ1) is 16.5. The fourth-order valence-electron chi connectivity index (χ4n) is 2.49. The van der Waals surface area contributed by atoms with Gasteiger partial charge in [0.05, 0.1) is 0 Å². The van der Waals surface area contributed by atoms with Crippen LogP contribution in [0, 0.1) is 0 Å². The van der Waals surface area contributed by atoms with Crippen LogP contribution >= 0.6 is 12.2 Å². The minimum absolute atomic E-state index is 0.227. The molecule has 0 bridgehead atoms. The summed E-state index contributed by atoms with van der Waals surface area (Å²) in [6.07, 6.45) is 9.06. The second-order valence-corrected chi connectivity index (χ2v) is 5.91. The maximum absolute atomic E-state index is 11.7. The Morgan fingerprint density at radius 1 is 1.23 bits per heavy atom. The van der Waals surface area contributed by atoms with Crippen LogP contribution in [0.3, 0.4) is 0 Å². The summed E-state index contributed by atoms with van der Waals surface area (Å²) < 4.78 is 0. The molecule has 1 aliphatic carbocycles. The summed E-state index contributed by atoms with van der Waals surface area (Å²) in [6, 6.07) is 8.57. The molecule has 0 spiro atoms. The molecule has 0 unspecified atom stereocenters. The first-order valence-corrected chi connectivity index (χ1v) is 8.21. The van der Waals surface area contributed by atoms with E-state index in [0.717, 1.165) is 24.8 Å². The van der Waals surface area contributed by atoms with Crippen molar-refractivity contribution >= 4 is 29.3 Å². The summed E-state index contributed by atoms with van der Waals surface area (Å²) in [7, 11) is 0. The fourth-order valence-corrected chi connectivity index (χ4v) is 2.71. The molecular weight excluding hydrogens is 294 g/mol. The molecule has 0 atom stereocenters. The number of aryl methyl sites for hydroxylation is 1. The van der Waals surface area contributed by atoms with Crippen molar-refractivity contribution in [3.63, 3.8) is 0 Å². The lowest BCUT2D eigenvalue weighted by molar-refractivity contribution is -0.116. The zero-order valence-electron chi connectivity index (χ0n) is 12.9. The number of rotatable bonds is 4. The number of hydrogen-bond donors (Lipinski definition) is 3. The van der Waals surface area contributed by atoms with Gasteiger partial charge in [0, 0.05) is 12.1 Å². The highest BCUT2D eigenvalue weighted by Crippen LogP contribution is 2.17. The van der Waals surface area contributed by atoms with Gasteiger partial charge in [-0.15, -0.1) is 0 Å². The highest BCUT2D eigenvalue weighted by Gasteiger charge is 2.15. The molecule has 118 valence electrons. The van der Waals surface area contributed by atoms with Gasteiger partial charge in [-0.3, -0.25) is 15.6 Å². The van der Waals surface area contributed by atoms with E-state index in [1.165, 1.54) is 24.5 Å². The summed E-state index contributed by atoms with van der Waals surface area (Å²) in [4.78, 5) is 11.7. The number of carbonyl (C=O) groups excluding carboxylic acids is 1. The molecule has 1 aromatic carbocycles. The van der Waals surface area contributed by atoms with Gasteiger partial charge >= 0.3 is 0 Å². The monoisotopic (exact) mass is 317 g/mol. The Kier molecular flexibility index (Phi) is 6.40. The van der Waals surface area contributed by atoms with E-state index >= 15 is 0 Å². The quantitative estimate of drug-likeness (QED) is 0.454. The van der Waals surface area contributed by atoms with E-state index in [-0.39, 0.29) is 5.91 Å². The molecule has 3 N–H and O–H groups in total. The lowest BCUT2D eigenvalue weighted by Crippen LogP contribution is -2.48. The SMILES string of the molecule is CCc1ccc(/C=C/C(=O)NNC(=S)NC2CCCC2)cc1. The van der Waals surface area contributed by atoms with Crippen molar-refractivity contribution in [3.8, 4) is 0 Å². The summed E-state index contributed by atoms with van der Waals surface area (Å²) in [5, 5.41) is 3.68. The van der Waals surface area contributed by atoms with Gasteiger partial charge in [-0.05, 0) is 48.7 Å². The van der Waals surface area contributed by atoms with Crippen LogP contribution in [0.2, 0.25) is 0 Å². The van der Waals surface area contributed by atoms with E-state index in [9.17, 15) is 4.79 Å². The van der Waals surface area contributed by atoms with Crippen LogP contribution in [0.15, 0.2) is 30.3 Å². The summed E-state index contributed by atoms with van der Waals surface area (Å²) in [5.41, 5.74) is 7.59. The Hall–Kier alpha value is -1.88. The average Bonchev–Trinajstić information content (AvgIpc) is 3.04. The van der Waals surface area contributed by atoms with Gasteiger partial charge in [0.25, 0.3) is 5.91 Å². The van der Waals surface area contributed by atoms with Crippen molar-refractivity contribution in [2.75, 3.05) is 0 Å². The molecule has 1 amide bonds. The Labute approximate surface area is 137 Å². The van der Waals surface area contributed by atoms with Crippen molar-refractivity contribution in [1.29, 1.82) is 0 Å². The number of benzene rings is 1. The third kappa shape index (κ3) is 5.48. The first-order valence-electron chi connectivity index (χ1n) is 7.81. The molecule has 1 aliphatic rings. The van der Waals surface area contributed by atoms with E-state index in [0.29, 0.717) is 11.2 Å². The van der Waals surface area contributed by atoms with Crippen LogP contribution < -0.4 is 16.2 Å². The van der Waals surface area contributed by atoms with Crippen molar-refractivity contribution in [2.24, 2.45) is 0 Å². The van der Waals surface area contributed by atoms with Gasteiger partial charge in [0.2, 0.25) is 0 Å². The number of hydrazine groups is 1. The van der Waals surface area contributed by atoms with Crippen LogP contribution in [0.4, 0.5) is 0 Å². The van der Waals surface area contributed by atoms with E-state index in [2.05, 4.69) is 35.2 Å². The Bertz CT molecular complexity index is 533. The second-order valence-electron chi connectivity index (χ2n) is 5.50. The zero-order chi connectivity index (χ0) is 15.8. The standard InChI is InChI=1S/C17H23N3OS/c1-2-13-7-9-14(10-8-13)11-12-16(21)19-20-17(22)18-15-5-3-4-6-15/h7-12,15H,2-6H2,1H3,(H,19,21)(H2,18,20,22)/b12-11+. The molecular formula is C17H23N3OS. The van der Waals surface area contributed by atoms with E-state index in [1.54, 1.807) is 6.08 Å². The van der Waals surface area contributed by atoms with E-state index in [1.807, 2.05) is 12.1 Å². The van der Waals surface area contributed by atoms with Crippen LogP contribution in [-0.2, 0) is 11.2 Å². The van der Waals surface area contributed by atoms with Crippen molar-refractivity contribution in [2.45, 2.75) is 45.1 Å². The molecule has 1 aromatic rings. The van der Waals surface area contributed by atoms with Gasteiger partial charge in [-0.1, -0.05) is 44.0 Å². The minimum atomic E-state index is -0.227. The third-order valence-electron chi connectivity index (χ3n) is 3.80. The number of nitrogens with one attached hydrogen (secondary N) is 3. The molecule has 0 saturated heterocycles. The van der Waals surface area contributed by atoms with Gasteiger partial charge in [0.15, 0.2) is 5.11 Å². The Balaban J connectivity index is 1.72. The Morgan fingerprint density at radius 3 is 2.55 bits per heavy atom. The van der Waals surface area contributed by atoms with Crippen LogP contribution in [0.1, 0.15) is 43.7 Å². The summed E-state index contributed by atoms with van der Waals surface area (Å²) >= 11 is 5.15. The summed E-state index contributed by atoms with van der Waals surface area (Å²) in [6.45, 7) is 2.12. The van der Waals surface area contributed by atoms with Crippen molar-refractivity contribution in [3.05, 3.63) is 41.5 Å². The Morgan fingerprint density at radius 2 is 1.91 bits per heavy atom. The van der Waals surface area contributed by atoms with Crippen LogP contribution in [0.5, 0.6) is 0 Å². The van der Waals surface area contributed by atoms with E-state index in [4.69, 9.17) is 12.2 Å². The topological polar surface area (TPSA) is 53.2 Å². The molecule has 4 nitrogen and oxygen atoms in total. The predicted octanol–water partition coefficient (Wildman–Crippen LogP) is 2.70. The largest absolute Gasteiger partial charge is 0.359 e. The molecule has 0 radical (unpaired) electrons. The number of hydrogen-bond acceptors (Lipinski definition) is 2. The minimum Gasteiger partial charge on any atom is -0.359 e. The number of carbonyl (C=O) groups is 1. The van der Waals surface area contributed by atoms with Gasteiger partial charge in [-0.2, -0.15) is 0 Å². The molecule has 1 saturated carbocycles. The highest BCUT2D eigenvalue weighted by atomic mass is 32.1. The predicted molar refractivity (Wildman–Crippen MR) is 94.1 cm³/mol. The first-order chi connectivity index (χ1) is 10.7. The number of amides is 1. The maximum atomic E-state index is 11.7. The van der Waals surface area contributed by atoms with Crippen LogP contribution in [0.25, 0.3) is 6.08 Å². The molecule has 22 heavy (non-hydrogen) atoms. The van der Waals surface area contributed by atoms with E-state index < -0.39 is 0 Å². The fraction of sp³-hybridized carbons (Fsp3) is 0.412. The lowest BCUT2D eigenvalue weighted by Gasteiger charge is -2.15. The van der Waals surface area contributed by atoms with Gasteiger partial charge < -0.3 is 5.32 Å². The number of thiocarbonyl (C=S) groups is 1. The van der Waals surface area contributed by atoms with Crippen LogP contribution in [-0.4, -0.2) is 17.1 Å². The molecule has 0 aromatic heterocycles. The molecule has 1 fully saturated rings. The summed E-state index contributed by atoms with van der Waals surface area (Å²) in [5.74, 6) is -0.227.